The number of Topliss-reactive ketones (excluding diaryl/α,β-unsaturated/α-hetero) is 1. The van der Waals surface area contributed by atoms with Crippen LogP contribution < -0.4 is 0 Å². The first-order chi connectivity index (χ1) is 5.63. The first kappa shape index (κ1) is 11.6. The molecule has 0 amide bonds. The minimum Gasteiger partial charge on any atom is -0.380 e. The number of aliphatic hydroxyl groups is 1. The van der Waals surface area contributed by atoms with Crippen molar-refractivity contribution in [1.29, 1.82) is 0 Å². The standard InChI is InChI=1S/C8H16O4/c1-4-11-8(12-5-2)7(10)6(3)9/h7-8,10H,4-5H2,1-3H3. The van der Waals surface area contributed by atoms with Gasteiger partial charge in [-0.15, -0.1) is 0 Å². The first-order valence-electron chi connectivity index (χ1n) is 4.05. The van der Waals surface area contributed by atoms with Crippen molar-refractivity contribution in [2.45, 2.75) is 33.2 Å². The van der Waals surface area contributed by atoms with E-state index in [-0.39, 0.29) is 5.78 Å². The molecule has 1 N–H and O–H groups in total. The topological polar surface area (TPSA) is 55.8 Å². The van der Waals surface area contributed by atoms with Crippen LogP contribution in [0.4, 0.5) is 0 Å². The van der Waals surface area contributed by atoms with Gasteiger partial charge in [-0.1, -0.05) is 0 Å². The molecule has 0 aromatic heterocycles. The van der Waals surface area contributed by atoms with Crippen LogP contribution >= 0.6 is 0 Å². The van der Waals surface area contributed by atoms with Crippen molar-refractivity contribution >= 4 is 5.78 Å². The molecule has 0 saturated carbocycles. The van der Waals surface area contributed by atoms with E-state index in [1.165, 1.54) is 6.92 Å². The molecule has 4 heteroatoms. The molecule has 0 aliphatic carbocycles. The van der Waals surface area contributed by atoms with Gasteiger partial charge in [-0.05, 0) is 20.8 Å². The van der Waals surface area contributed by atoms with E-state index < -0.39 is 12.4 Å². The molecule has 72 valence electrons. The van der Waals surface area contributed by atoms with Gasteiger partial charge in [-0.2, -0.15) is 0 Å². The van der Waals surface area contributed by atoms with Crippen LogP contribution in [0.2, 0.25) is 0 Å². The molecule has 0 fully saturated rings. The van der Waals surface area contributed by atoms with Crippen LogP contribution in [0.1, 0.15) is 20.8 Å². The van der Waals surface area contributed by atoms with Gasteiger partial charge in [-0.25, -0.2) is 0 Å². The normalized spacial score (nSPS) is 13.4. The molecule has 0 aromatic carbocycles. The summed E-state index contributed by atoms with van der Waals surface area (Å²) in [5, 5.41) is 9.25. The Kier molecular flexibility index (Phi) is 5.88. The van der Waals surface area contributed by atoms with E-state index in [9.17, 15) is 9.90 Å². The Morgan fingerprint density at radius 3 is 2.00 bits per heavy atom. The van der Waals surface area contributed by atoms with Gasteiger partial charge in [0.1, 0.15) is 0 Å². The van der Waals surface area contributed by atoms with Crippen molar-refractivity contribution in [3.63, 3.8) is 0 Å². The third kappa shape index (κ3) is 3.80. The minimum absolute atomic E-state index is 0.345. The third-order valence-corrected chi connectivity index (χ3v) is 1.34. The highest BCUT2D eigenvalue weighted by atomic mass is 16.7. The van der Waals surface area contributed by atoms with Gasteiger partial charge in [0.2, 0.25) is 0 Å². The Bertz CT molecular complexity index is 129. The van der Waals surface area contributed by atoms with E-state index in [0.29, 0.717) is 13.2 Å². The summed E-state index contributed by atoms with van der Waals surface area (Å²) in [5.74, 6) is -0.345. The molecule has 1 unspecified atom stereocenters. The number of ether oxygens (including phenoxy) is 2. The number of hydrogen-bond acceptors (Lipinski definition) is 4. The molecule has 0 saturated heterocycles. The van der Waals surface area contributed by atoms with E-state index in [2.05, 4.69) is 0 Å². The van der Waals surface area contributed by atoms with E-state index in [1.54, 1.807) is 13.8 Å². The zero-order chi connectivity index (χ0) is 9.56. The highest BCUT2D eigenvalue weighted by Crippen LogP contribution is 2.02. The van der Waals surface area contributed by atoms with Crippen molar-refractivity contribution in [3.8, 4) is 0 Å². The average Bonchev–Trinajstić information content (AvgIpc) is 2.03. The molecule has 0 aliphatic rings. The van der Waals surface area contributed by atoms with Crippen molar-refractivity contribution < 1.29 is 19.4 Å². The number of carbonyl (C=O) groups excluding carboxylic acids is 1. The van der Waals surface area contributed by atoms with Crippen LogP contribution in [-0.4, -0.2) is 36.5 Å². The fraction of sp³-hybridized carbons (Fsp3) is 0.875. The lowest BCUT2D eigenvalue weighted by Gasteiger charge is -2.20. The minimum atomic E-state index is -1.18. The maximum absolute atomic E-state index is 10.7. The SMILES string of the molecule is CCOC(OCC)C(O)C(C)=O. The molecule has 12 heavy (non-hydrogen) atoms. The first-order valence-corrected chi connectivity index (χ1v) is 4.05. The Morgan fingerprint density at radius 1 is 1.33 bits per heavy atom. The summed E-state index contributed by atoms with van der Waals surface area (Å²) in [4.78, 5) is 10.7. The molecule has 0 heterocycles. The van der Waals surface area contributed by atoms with Gasteiger partial charge in [0.15, 0.2) is 18.2 Å². The van der Waals surface area contributed by atoms with Crippen molar-refractivity contribution in [1.82, 2.24) is 0 Å². The number of hydrogen-bond donors (Lipinski definition) is 1. The molecular formula is C8H16O4. The van der Waals surface area contributed by atoms with E-state index in [1.807, 2.05) is 0 Å². The number of aliphatic hydroxyl groups excluding tert-OH is 1. The highest BCUT2D eigenvalue weighted by Gasteiger charge is 2.23. The highest BCUT2D eigenvalue weighted by molar-refractivity contribution is 5.80. The van der Waals surface area contributed by atoms with Gasteiger partial charge in [-0.3, -0.25) is 4.79 Å². The molecule has 0 aromatic rings. The fourth-order valence-corrected chi connectivity index (χ4v) is 0.751. The zero-order valence-electron chi connectivity index (χ0n) is 7.74. The molecule has 1 atom stereocenters. The molecule has 0 radical (unpaired) electrons. The molecule has 4 nitrogen and oxygen atoms in total. The number of carbonyl (C=O) groups is 1. The predicted molar refractivity (Wildman–Crippen MR) is 43.7 cm³/mol. The quantitative estimate of drug-likeness (QED) is 0.593. The predicted octanol–water partition coefficient (Wildman–Crippen LogP) is 0.335. The summed E-state index contributed by atoms with van der Waals surface area (Å²) in [7, 11) is 0. The molecule has 0 spiro atoms. The second-order valence-electron chi connectivity index (χ2n) is 2.33. The van der Waals surface area contributed by atoms with Crippen molar-refractivity contribution in [2.24, 2.45) is 0 Å². The third-order valence-electron chi connectivity index (χ3n) is 1.34. The van der Waals surface area contributed by atoms with Crippen molar-refractivity contribution in [2.75, 3.05) is 13.2 Å². The lowest BCUT2D eigenvalue weighted by molar-refractivity contribution is -0.191. The van der Waals surface area contributed by atoms with Crippen LogP contribution in [-0.2, 0) is 14.3 Å². The Morgan fingerprint density at radius 2 is 1.75 bits per heavy atom. The zero-order valence-corrected chi connectivity index (χ0v) is 7.74. The molecule has 0 aliphatic heterocycles. The summed E-state index contributed by atoms with van der Waals surface area (Å²) < 4.78 is 10.0. The van der Waals surface area contributed by atoms with E-state index in [0.717, 1.165) is 0 Å². The summed E-state index contributed by atoms with van der Waals surface area (Å²) in [6, 6.07) is 0. The van der Waals surface area contributed by atoms with Gasteiger partial charge in [0.25, 0.3) is 0 Å². The largest absolute Gasteiger partial charge is 0.380 e. The summed E-state index contributed by atoms with van der Waals surface area (Å²) >= 11 is 0. The van der Waals surface area contributed by atoms with E-state index in [4.69, 9.17) is 9.47 Å². The van der Waals surface area contributed by atoms with Crippen LogP contribution in [0.3, 0.4) is 0 Å². The fourth-order valence-electron chi connectivity index (χ4n) is 0.751. The Hall–Kier alpha value is -0.450. The van der Waals surface area contributed by atoms with Gasteiger partial charge >= 0.3 is 0 Å². The number of rotatable bonds is 6. The second-order valence-corrected chi connectivity index (χ2v) is 2.33. The molecule has 0 bridgehead atoms. The van der Waals surface area contributed by atoms with Gasteiger partial charge in [0, 0.05) is 13.2 Å². The monoisotopic (exact) mass is 176 g/mol. The molecular weight excluding hydrogens is 160 g/mol. The number of ketones is 1. The molecule has 0 rings (SSSR count). The van der Waals surface area contributed by atoms with Gasteiger partial charge in [0.05, 0.1) is 0 Å². The Labute approximate surface area is 72.5 Å². The smallest absolute Gasteiger partial charge is 0.190 e. The average molecular weight is 176 g/mol. The maximum Gasteiger partial charge on any atom is 0.190 e. The van der Waals surface area contributed by atoms with Crippen LogP contribution in [0.15, 0.2) is 0 Å². The lowest BCUT2D eigenvalue weighted by atomic mass is 10.2. The maximum atomic E-state index is 10.7. The van der Waals surface area contributed by atoms with Crippen LogP contribution in [0.25, 0.3) is 0 Å². The summed E-state index contributed by atoms with van der Waals surface area (Å²) in [6.07, 6.45) is -2.00. The van der Waals surface area contributed by atoms with Gasteiger partial charge < -0.3 is 14.6 Å². The summed E-state index contributed by atoms with van der Waals surface area (Å²) in [6.45, 7) is 5.68. The lowest BCUT2D eigenvalue weighted by Crippen LogP contribution is -2.36. The van der Waals surface area contributed by atoms with Crippen molar-refractivity contribution in [3.05, 3.63) is 0 Å². The summed E-state index contributed by atoms with van der Waals surface area (Å²) in [5.41, 5.74) is 0. The second kappa shape index (κ2) is 6.11. The van der Waals surface area contributed by atoms with E-state index >= 15 is 0 Å². The Balaban J connectivity index is 3.98. The van der Waals surface area contributed by atoms with Crippen LogP contribution in [0.5, 0.6) is 0 Å². The van der Waals surface area contributed by atoms with Crippen LogP contribution in [0, 0.1) is 0 Å².